The van der Waals surface area contributed by atoms with Crippen LogP contribution in [0, 0.1) is 0 Å². The summed E-state index contributed by atoms with van der Waals surface area (Å²) < 4.78 is 5.46. The number of aromatic nitrogens is 3. The topological polar surface area (TPSA) is 71.1 Å². The van der Waals surface area contributed by atoms with Crippen LogP contribution < -0.4 is 4.74 Å². The van der Waals surface area contributed by atoms with Gasteiger partial charge in [0.1, 0.15) is 11.4 Å². The number of imidazole rings is 1. The van der Waals surface area contributed by atoms with E-state index in [4.69, 9.17) is 9.72 Å². The quantitative estimate of drug-likeness (QED) is 0.760. The molecule has 144 valence electrons. The number of piperidine rings is 1. The van der Waals surface area contributed by atoms with E-state index in [1.807, 2.05) is 35.2 Å². The number of nitrogens with zero attached hydrogens (tertiary/aromatic N) is 3. The van der Waals surface area contributed by atoms with E-state index >= 15 is 0 Å². The molecule has 1 atom stereocenters. The second kappa shape index (κ2) is 6.93. The number of ether oxygens (including phenoxy) is 1. The first-order valence-corrected chi connectivity index (χ1v) is 10.0. The fourth-order valence-corrected chi connectivity index (χ4v) is 4.48. The summed E-state index contributed by atoms with van der Waals surface area (Å²) >= 11 is 0. The zero-order valence-corrected chi connectivity index (χ0v) is 16.1. The molecule has 0 spiro atoms. The number of amides is 1. The minimum absolute atomic E-state index is 0.0138. The van der Waals surface area contributed by atoms with Crippen LogP contribution >= 0.6 is 0 Å². The van der Waals surface area contributed by atoms with Gasteiger partial charge in [-0.2, -0.15) is 0 Å². The highest BCUT2D eigenvalue weighted by atomic mass is 16.5. The van der Waals surface area contributed by atoms with Gasteiger partial charge in [0, 0.05) is 24.7 Å². The molecule has 1 fully saturated rings. The van der Waals surface area contributed by atoms with Crippen LogP contribution in [0.2, 0.25) is 0 Å². The summed E-state index contributed by atoms with van der Waals surface area (Å²) in [7, 11) is 1.59. The van der Waals surface area contributed by atoms with Crippen LogP contribution in [0.5, 0.6) is 5.88 Å². The molecule has 28 heavy (non-hydrogen) atoms. The maximum atomic E-state index is 13.3. The van der Waals surface area contributed by atoms with Gasteiger partial charge in [0.05, 0.1) is 18.1 Å². The van der Waals surface area contributed by atoms with Crippen LogP contribution in [0.1, 0.15) is 52.6 Å². The highest BCUT2D eigenvalue weighted by Crippen LogP contribution is 2.31. The Morgan fingerprint density at radius 1 is 1.21 bits per heavy atom. The molecule has 1 N–H and O–H groups in total. The third-order valence-electron chi connectivity index (χ3n) is 5.94. The first-order valence-electron chi connectivity index (χ1n) is 10.0. The summed E-state index contributed by atoms with van der Waals surface area (Å²) in [6.07, 6.45) is 5.06. The minimum atomic E-state index is 0.0138. The number of hydrogen-bond acceptors (Lipinski definition) is 4. The van der Waals surface area contributed by atoms with Crippen LogP contribution in [0.15, 0.2) is 30.3 Å². The number of hydrogen-bond donors (Lipinski definition) is 1. The lowest BCUT2D eigenvalue weighted by Gasteiger charge is -2.32. The molecule has 3 heterocycles. The third kappa shape index (κ3) is 2.93. The molecule has 0 unspecified atom stereocenters. The number of aryl methyl sites for hydroxylation is 2. The van der Waals surface area contributed by atoms with Crippen molar-refractivity contribution in [2.75, 3.05) is 20.2 Å². The minimum Gasteiger partial charge on any atom is -0.480 e. The highest BCUT2D eigenvalue weighted by molar-refractivity contribution is 5.96. The Morgan fingerprint density at radius 2 is 2.11 bits per heavy atom. The molecule has 1 saturated heterocycles. The van der Waals surface area contributed by atoms with Crippen LogP contribution in [-0.4, -0.2) is 46.0 Å². The van der Waals surface area contributed by atoms with Gasteiger partial charge in [-0.15, -0.1) is 0 Å². The number of carbonyl (C=O) groups excluding carboxylic acids is 1. The van der Waals surface area contributed by atoms with E-state index in [0.717, 1.165) is 61.2 Å². The summed E-state index contributed by atoms with van der Waals surface area (Å²) in [6, 6.07) is 10.1. The Morgan fingerprint density at radius 3 is 2.96 bits per heavy atom. The molecule has 0 bridgehead atoms. The number of likely N-dealkylation sites (tertiary alicyclic amines) is 1. The molecule has 1 aliphatic heterocycles. The maximum absolute atomic E-state index is 13.3. The molecule has 6 heteroatoms. The molecule has 1 aromatic carbocycles. The Kier molecular flexibility index (Phi) is 4.26. The summed E-state index contributed by atoms with van der Waals surface area (Å²) in [5.41, 5.74) is 4.88. The number of H-pyrrole nitrogens is 1. The smallest absolute Gasteiger partial charge is 0.259 e. The molecule has 1 aliphatic carbocycles. The van der Waals surface area contributed by atoms with Crippen molar-refractivity contribution in [3.05, 3.63) is 53.0 Å². The number of pyridine rings is 1. The molecule has 0 saturated carbocycles. The van der Waals surface area contributed by atoms with E-state index in [1.165, 1.54) is 5.56 Å². The number of benzene rings is 1. The number of rotatable bonds is 3. The van der Waals surface area contributed by atoms with E-state index in [9.17, 15) is 4.79 Å². The number of aromatic amines is 1. The van der Waals surface area contributed by atoms with Crippen molar-refractivity contribution in [2.45, 2.75) is 38.0 Å². The van der Waals surface area contributed by atoms with Crippen molar-refractivity contribution >= 4 is 16.9 Å². The fourth-order valence-electron chi connectivity index (χ4n) is 4.48. The van der Waals surface area contributed by atoms with Crippen molar-refractivity contribution < 1.29 is 9.53 Å². The number of methoxy groups -OCH3 is 1. The SMILES string of the molecule is COc1nc2c(cc1C(=O)N1CCC[C@H](c3nc4ccccc4[nH]3)C1)CCC2. The van der Waals surface area contributed by atoms with Gasteiger partial charge in [-0.3, -0.25) is 4.79 Å². The summed E-state index contributed by atoms with van der Waals surface area (Å²) in [5.74, 6) is 1.66. The van der Waals surface area contributed by atoms with E-state index < -0.39 is 0 Å². The molecular weight excluding hydrogens is 352 g/mol. The zero-order chi connectivity index (χ0) is 19.1. The molecule has 6 nitrogen and oxygen atoms in total. The number of fused-ring (bicyclic) bond motifs is 2. The van der Waals surface area contributed by atoms with Crippen molar-refractivity contribution in [3.63, 3.8) is 0 Å². The lowest BCUT2D eigenvalue weighted by Crippen LogP contribution is -2.39. The van der Waals surface area contributed by atoms with Gasteiger partial charge in [-0.1, -0.05) is 12.1 Å². The Bertz CT molecular complexity index is 1010. The predicted octanol–water partition coefficient (Wildman–Crippen LogP) is 3.48. The lowest BCUT2D eigenvalue weighted by atomic mass is 9.96. The zero-order valence-electron chi connectivity index (χ0n) is 16.1. The average molecular weight is 376 g/mol. The number of para-hydroxylation sites is 2. The van der Waals surface area contributed by atoms with Crippen LogP contribution in [0.3, 0.4) is 0 Å². The fraction of sp³-hybridized carbons (Fsp3) is 0.409. The van der Waals surface area contributed by atoms with Crippen molar-refractivity contribution in [1.82, 2.24) is 19.9 Å². The van der Waals surface area contributed by atoms with Gasteiger partial charge in [-0.25, -0.2) is 9.97 Å². The van der Waals surface area contributed by atoms with E-state index in [-0.39, 0.29) is 11.8 Å². The third-order valence-corrected chi connectivity index (χ3v) is 5.94. The normalized spacial score (nSPS) is 19.0. The molecule has 3 aromatic rings. The van der Waals surface area contributed by atoms with Crippen LogP contribution in [-0.2, 0) is 12.8 Å². The van der Waals surface area contributed by atoms with Gasteiger partial charge >= 0.3 is 0 Å². The maximum Gasteiger partial charge on any atom is 0.259 e. The van der Waals surface area contributed by atoms with Crippen molar-refractivity contribution in [3.8, 4) is 5.88 Å². The molecular formula is C22H24N4O2. The number of nitrogens with one attached hydrogen (secondary N) is 1. The van der Waals surface area contributed by atoms with Crippen molar-refractivity contribution in [1.29, 1.82) is 0 Å². The second-order valence-corrected chi connectivity index (χ2v) is 7.73. The molecule has 2 aliphatic rings. The first-order chi connectivity index (χ1) is 13.7. The summed E-state index contributed by atoms with van der Waals surface area (Å²) in [6.45, 7) is 1.43. The first kappa shape index (κ1) is 17.2. The van der Waals surface area contributed by atoms with Crippen LogP contribution in [0.25, 0.3) is 11.0 Å². The molecule has 2 aromatic heterocycles. The predicted molar refractivity (Wildman–Crippen MR) is 107 cm³/mol. The van der Waals surface area contributed by atoms with Crippen molar-refractivity contribution in [2.24, 2.45) is 0 Å². The standard InChI is InChI=1S/C22H24N4O2/c1-28-21-16(12-14-6-4-10-17(14)25-21)22(27)26-11-5-7-15(13-26)20-23-18-8-2-3-9-19(18)24-20/h2-3,8-9,12,15H,4-7,10-11,13H2,1H3,(H,23,24)/t15-/m0/s1. The largest absolute Gasteiger partial charge is 0.480 e. The Balaban J connectivity index is 1.41. The van der Waals surface area contributed by atoms with Gasteiger partial charge in [0.15, 0.2) is 0 Å². The van der Waals surface area contributed by atoms with E-state index in [0.29, 0.717) is 18.0 Å². The van der Waals surface area contributed by atoms with Gasteiger partial charge < -0.3 is 14.6 Å². The Labute approximate surface area is 163 Å². The van der Waals surface area contributed by atoms with Crippen LogP contribution in [0.4, 0.5) is 0 Å². The molecule has 1 amide bonds. The second-order valence-electron chi connectivity index (χ2n) is 7.73. The number of carbonyl (C=O) groups is 1. The average Bonchev–Trinajstić information content (AvgIpc) is 3.38. The summed E-state index contributed by atoms with van der Waals surface area (Å²) in [5, 5.41) is 0. The van der Waals surface area contributed by atoms with Gasteiger partial charge in [-0.05, 0) is 55.9 Å². The van der Waals surface area contributed by atoms with E-state index in [2.05, 4.69) is 9.97 Å². The highest BCUT2D eigenvalue weighted by Gasteiger charge is 2.30. The Hall–Kier alpha value is -2.89. The lowest BCUT2D eigenvalue weighted by molar-refractivity contribution is 0.0700. The summed E-state index contributed by atoms with van der Waals surface area (Å²) in [4.78, 5) is 28.0. The molecule has 5 rings (SSSR count). The van der Waals surface area contributed by atoms with Gasteiger partial charge in [0.25, 0.3) is 5.91 Å². The molecule has 0 radical (unpaired) electrons. The monoisotopic (exact) mass is 376 g/mol. The van der Waals surface area contributed by atoms with E-state index in [1.54, 1.807) is 7.11 Å². The van der Waals surface area contributed by atoms with Gasteiger partial charge in [0.2, 0.25) is 5.88 Å².